The zero-order valence-electron chi connectivity index (χ0n) is 19.2. The number of benzene rings is 1. The highest BCUT2D eigenvalue weighted by molar-refractivity contribution is 5.92. The van der Waals surface area contributed by atoms with E-state index < -0.39 is 5.91 Å². The molecule has 0 fully saturated rings. The van der Waals surface area contributed by atoms with Crippen LogP contribution in [0.25, 0.3) is 6.08 Å². The van der Waals surface area contributed by atoms with E-state index >= 15 is 0 Å². The molecule has 33 heavy (non-hydrogen) atoms. The number of amides is 1. The van der Waals surface area contributed by atoms with Gasteiger partial charge in [-0.15, -0.1) is 0 Å². The molecule has 2 rings (SSSR count). The third-order valence-corrected chi connectivity index (χ3v) is 4.67. The first-order chi connectivity index (χ1) is 15.9. The van der Waals surface area contributed by atoms with E-state index in [1.807, 2.05) is 0 Å². The van der Waals surface area contributed by atoms with Gasteiger partial charge in [0.2, 0.25) is 11.7 Å². The normalized spacial score (nSPS) is 10.9. The molecule has 0 bridgehead atoms. The molecule has 0 radical (unpaired) electrons. The Kier molecular flexibility index (Phi) is 10.4. The van der Waals surface area contributed by atoms with Crippen molar-refractivity contribution in [1.82, 2.24) is 10.3 Å². The lowest BCUT2D eigenvalue weighted by molar-refractivity contribution is -0.116. The molecule has 1 aromatic heterocycles. The Hall–Kier alpha value is -3.34. The first-order valence-electron chi connectivity index (χ1n) is 10.1. The Bertz CT molecular complexity index is 937. The van der Waals surface area contributed by atoms with Crippen LogP contribution in [0.4, 0.5) is 0 Å². The molecule has 1 aromatic carbocycles. The minimum atomic E-state index is -0.391. The van der Waals surface area contributed by atoms with Crippen molar-refractivity contribution in [3.8, 4) is 23.0 Å². The number of pyridine rings is 1. The number of rotatable bonds is 13. The number of methoxy groups -OCH3 is 3. The van der Waals surface area contributed by atoms with E-state index in [1.54, 1.807) is 32.2 Å². The number of aromatic nitrogens is 1. The zero-order valence-corrected chi connectivity index (χ0v) is 19.2. The molecule has 10 heteroatoms. The number of aliphatic hydroxyl groups is 1. The van der Waals surface area contributed by atoms with Crippen LogP contribution in [-0.4, -0.2) is 62.4 Å². The minimum Gasteiger partial charge on any atom is -0.506 e. The molecule has 1 amide bonds. The van der Waals surface area contributed by atoms with Gasteiger partial charge in [0, 0.05) is 37.1 Å². The Morgan fingerprint density at radius 3 is 2.45 bits per heavy atom. The Morgan fingerprint density at radius 2 is 1.85 bits per heavy atom. The van der Waals surface area contributed by atoms with Crippen LogP contribution in [-0.2, 0) is 27.4 Å². The Morgan fingerprint density at radius 1 is 1.15 bits per heavy atom. The van der Waals surface area contributed by atoms with Gasteiger partial charge >= 0.3 is 0 Å². The standard InChI is InChI=1S/C23H30N2O8/c1-15-22(28)18(17(13-26)11-24-15)12-25-21(27)6-5-16-9-19(30-3)23(20(10-16)31-4)33-14-32-8-7-29-2/h5-6,9-11,26,28H,7-8,12-14H2,1-4H3,(H,25,27)/b6-5+. The molecule has 0 atom stereocenters. The highest BCUT2D eigenvalue weighted by atomic mass is 16.7. The monoisotopic (exact) mass is 462 g/mol. The summed E-state index contributed by atoms with van der Waals surface area (Å²) in [7, 11) is 4.57. The van der Waals surface area contributed by atoms with Gasteiger partial charge in [0.05, 0.1) is 39.7 Å². The van der Waals surface area contributed by atoms with Crippen LogP contribution in [0.2, 0.25) is 0 Å². The summed E-state index contributed by atoms with van der Waals surface area (Å²) in [4.78, 5) is 16.3. The summed E-state index contributed by atoms with van der Waals surface area (Å²) in [5.74, 6) is 0.753. The molecular weight excluding hydrogens is 432 g/mol. The number of aliphatic hydroxyl groups excluding tert-OH is 1. The smallest absolute Gasteiger partial charge is 0.244 e. The number of nitrogens with zero attached hydrogens (tertiary/aromatic N) is 1. The van der Waals surface area contributed by atoms with Gasteiger partial charge in [-0.25, -0.2) is 0 Å². The molecule has 2 aromatic rings. The maximum atomic E-state index is 12.3. The fourth-order valence-electron chi connectivity index (χ4n) is 2.86. The third-order valence-electron chi connectivity index (χ3n) is 4.67. The van der Waals surface area contributed by atoms with E-state index in [0.717, 1.165) is 0 Å². The Balaban J connectivity index is 2.08. The molecule has 0 saturated heterocycles. The first-order valence-corrected chi connectivity index (χ1v) is 10.1. The van der Waals surface area contributed by atoms with Crippen LogP contribution in [0.15, 0.2) is 24.4 Å². The van der Waals surface area contributed by atoms with Crippen LogP contribution in [0.5, 0.6) is 23.0 Å². The van der Waals surface area contributed by atoms with E-state index in [-0.39, 0.29) is 25.7 Å². The quantitative estimate of drug-likeness (QED) is 0.232. The maximum absolute atomic E-state index is 12.3. The Labute approximate surface area is 192 Å². The zero-order chi connectivity index (χ0) is 24.2. The molecule has 0 aliphatic heterocycles. The SMILES string of the molecule is COCCOCOc1c(OC)cc(/C=C/C(=O)NCc2c(CO)cnc(C)c2O)cc1OC. The van der Waals surface area contributed by atoms with E-state index in [9.17, 15) is 15.0 Å². The van der Waals surface area contributed by atoms with Gasteiger partial charge in [0.1, 0.15) is 5.75 Å². The number of aromatic hydroxyl groups is 1. The topological polar surface area (TPSA) is 129 Å². The van der Waals surface area contributed by atoms with E-state index in [0.29, 0.717) is 52.8 Å². The minimum absolute atomic E-state index is 0.00910. The fraction of sp³-hybridized carbons (Fsp3) is 0.391. The summed E-state index contributed by atoms with van der Waals surface area (Å²) >= 11 is 0. The van der Waals surface area contributed by atoms with Gasteiger partial charge in [-0.05, 0) is 30.7 Å². The van der Waals surface area contributed by atoms with E-state index in [4.69, 9.17) is 23.7 Å². The van der Waals surface area contributed by atoms with Gasteiger partial charge < -0.3 is 39.2 Å². The third kappa shape index (κ3) is 7.35. The average Bonchev–Trinajstić information content (AvgIpc) is 2.83. The second-order valence-electron chi connectivity index (χ2n) is 6.82. The number of carbonyl (C=O) groups is 1. The van der Waals surface area contributed by atoms with Crippen molar-refractivity contribution < 1.29 is 38.7 Å². The molecule has 0 saturated carbocycles. The van der Waals surface area contributed by atoms with Gasteiger partial charge in [0.25, 0.3) is 0 Å². The number of aryl methyl sites for hydroxylation is 1. The predicted octanol–water partition coefficient (Wildman–Crippen LogP) is 1.93. The lowest BCUT2D eigenvalue weighted by Gasteiger charge is -2.15. The second kappa shape index (κ2) is 13.3. The molecule has 0 unspecified atom stereocenters. The van der Waals surface area contributed by atoms with Crippen LogP contribution >= 0.6 is 0 Å². The maximum Gasteiger partial charge on any atom is 0.244 e. The molecule has 180 valence electrons. The number of nitrogens with one attached hydrogen (secondary N) is 1. The highest BCUT2D eigenvalue weighted by Crippen LogP contribution is 2.39. The number of ether oxygens (including phenoxy) is 5. The van der Waals surface area contributed by atoms with Crippen molar-refractivity contribution in [2.75, 3.05) is 41.3 Å². The molecule has 1 heterocycles. The summed E-state index contributed by atoms with van der Waals surface area (Å²) in [5, 5.41) is 22.3. The number of hydrogen-bond acceptors (Lipinski definition) is 9. The number of hydrogen-bond donors (Lipinski definition) is 3. The van der Waals surface area contributed by atoms with Gasteiger partial charge in [-0.2, -0.15) is 0 Å². The van der Waals surface area contributed by atoms with Gasteiger partial charge in [-0.3, -0.25) is 9.78 Å². The predicted molar refractivity (Wildman–Crippen MR) is 120 cm³/mol. The molecule has 3 N–H and O–H groups in total. The first kappa shape index (κ1) is 25.9. The summed E-state index contributed by atoms with van der Waals surface area (Å²) in [6, 6.07) is 3.39. The molecule has 10 nitrogen and oxygen atoms in total. The average molecular weight is 462 g/mol. The summed E-state index contributed by atoms with van der Waals surface area (Å²) in [6.07, 6.45) is 4.40. The van der Waals surface area contributed by atoms with E-state index in [1.165, 1.54) is 26.5 Å². The summed E-state index contributed by atoms with van der Waals surface area (Å²) < 4.78 is 26.6. The molecule has 0 spiro atoms. The summed E-state index contributed by atoms with van der Waals surface area (Å²) in [6.45, 7) is 2.20. The highest BCUT2D eigenvalue weighted by Gasteiger charge is 2.14. The van der Waals surface area contributed by atoms with Crippen LogP contribution in [0.3, 0.4) is 0 Å². The number of carbonyl (C=O) groups excluding carboxylic acids is 1. The molecule has 0 aliphatic carbocycles. The van der Waals surface area contributed by atoms with Gasteiger partial charge in [-0.1, -0.05) is 0 Å². The van der Waals surface area contributed by atoms with Crippen LogP contribution in [0.1, 0.15) is 22.4 Å². The van der Waals surface area contributed by atoms with Gasteiger partial charge in [0.15, 0.2) is 18.3 Å². The van der Waals surface area contributed by atoms with Crippen molar-refractivity contribution in [2.24, 2.45) is 0 Å². The van der Waals surface area contributed by atoms with Crippen molar-refractivity contribution in [1.29, 1.82) is 0 Å². The van der Waals surface area contributed by atoms with Crippen LogP contribution in [0, 0.1) is 6.92 Å². The second-order valence-corrected chi connectivity index (χ2v) is 6.82. The van der Waals surface area contributed by atoms with Crippen molar-refractivity contribution in [3.05, 3.63) is 46.8 Å². The van der Waals surface area contributed by atoms with Crippen molar-refractivity contribution >= 4 is 12.0 Å². The lowest BCUT2D eigenvalue weighted by atomic mass is 10.1. The molecular formula is C23H30N2O8. The van der Waals surface area contributed by atoms with Crippen LogP contribution < -0.4 is 19.5 Å². The van der Waals surface area contributed by atoms with Crippen molar-refractivity contribution in [3.63, 3.8) is 0 Å². The summed E-state index contributed by atoms with van der Waals surface area (Å²) in [5.41, 5.74) is 1.92. The molecule has 0 aliphatic rings. The lowest BCUT2D eigenvalue weighted by Crippen LogP contribution is -2.21. The van der Waals surface area contributed by atoms with E-state index in [2.05, 4.69) is 10.3 Å². The van der Waals surface area contributed by atoms with Crippen molar-refractivity contribution in [2.45, 2.75) is 20.1 Å². The largest absolute Gasteiger partial charge is 0.506 e. The fourth-order valence-corrected chi connectivity index (χ4v) is 2.86.